The van der Waals surface area contributed by atoms with Crippen molar-refractivity contribution in [2.45, 2.75) is 19.1 Å². The molecule has 0 fully saturated rings. The number of aryl methyl sites for hydroxylation is 1. The fourth-order valence-electron chi connectivity index (χ4n) is 4.89. The van der Waals surface area contributed by atoms with Gasteiger partial charge in [0.25, 0.3) is 11.8 Å². The molecule has 0 radical (unpaired) electrons. The van der Waals surface area contributed by atoms with Crippen LogP contribution in [0.25, 0.3) is 11.0 Å². The molecule has 1 atom stereocenters. The number of amides is 2. The van der Waals surface area contributed by atoms with Gasteiger partial charge in [0.05, 0.1) is 22.7 Å². The van der Waals surface area contributed by atoms with Gasteiger partial charge in [-0.2, -0.15) is 0 Å². The van der Waals surface area contributed by atoms with Gasteiger partial charge < -0.3 is 10.1 Å². The maximum absolute atomic E-state index is 12.9. The van der Waals surface area contributed by atoms with Gasteiger partial charge in [0.1, 0.15) is 17.9 Å². The van der Waals surface area contributed by atoms with Gasteiger partial charge in [0.15, 0.2) is 0 Å². The molecular weight excluding hydrogens is 430 g/mol. The van der Waals surface area contributed by atoms with Crippen molar-refractivity contribution in [3.8, 4) is 5.75 Å². The Labute approximate surface area is 196 Å². The fraction of sp³-hybridized carbons (Fsp3) is 0.231. The van der Waals surface area contributed by atoms with E-state index in [1.54, 1.807) is 28.9 Å². The van der Waals surface area contributed by atoms with E-state index in [1.807, 2.05) is 37.4 Å². The molecule has 0 spiro atoms. The van der Waals surface area contributed by atoms with E-state index in [-0.39, 0.29) is 24.4 Å². The zero-order valence-electron chi connectivity index (χ0n) is 18.7. The van der Waals surface area contributed by atoms with E-state index in [2.05, 4.69) is 21.7 Å². The third-order valence-electron chi connectivity index (χ3n) is 6.60. The van der Waals surface area contributed by atoms with E-state index < -0.39 is 0 Å². The highest BCUT2D eigenvalue weighted by atomic mass is 16.5. The molecule has 8 heteroatoms. The molecule has 2 amide bonds. The molecule has 6 rings (SSSR count). The number of ether oxygens (including phenoxy) is 1. The molecule has 0 saturated heterocycles. The Kier molecular flexibility index (Phi) is 4.88. The van der Waals surface area contributed by atoms with Crippen molar-refractivity contribution in [2.75, 3.05) is 13.1 Å². The first kappa shape index (κ1) is 20.6. The topological polar surface area (TPSA) is 89.3 Å². The maximum atomic E-state index is 12.9. The number of carbonyl (C=O) groups is 2. The summed E-state index contributed by atoms with van der Waals surface area (Å²) < 4.78 is 8.01. The zero-order chi connectivity index (χ0) is 23.2. The molecule has 3 heterocycles. The number of fused-ring (bicyclic) bond motifs is 3. The predicted octanol–water partition coefficient (Wildman–Crippen LogP) is 3.03. The Bertz CT molecular complexity index is 1410. The number of benzene rings is 3. The third-order valence-corrected chi connectivity index (χ3v) is 6.60. The summed E-state index contributed by atoms with van der Waals surface area (Å²) >= 11 is 0. The Balaban J connectivity index is 1.26. The first-order valence-corrected chi connectivity index (χ1v) is 11.3. The summed E-state index contributed by atoms with van der Waals surface area (Å²) in [6, 6.07) is 18.8. The lowest BCUT2D eigenvalue weighted by Crippen LogP contribution is -2.41. The van der Waals surface area contributed by atoms with Gasteiger partial charge in [0, 0.05) is 19.2 Å². The first-order chi connectivity index (χ1) is 16.6. The third kappa shape index (κ3) is 3.34. The zero-order valence-corrected chi connectivity index (χ0v) is 18.7. The smallest absolute Gasteiger partial charge is 0.261 e. The maximum Gasteiger partial charge on any atom is 0.261 e. The van der Waals surface area contributed by atoms with Crippen molar-refractivity contribution >= 4 is 22.8 Å². The molecule has 2 aliphatic heterocycles. The molecule has 2 aliphatic rings. The number of hydrogen-bond acceptors (Lipinski definition) is 6. The highest BCUT2D eigenvalue weighted by molar-refractivity contribution is 6.21. The van der Waals surface area contributed by atoms with E-state index in [1.165, 1.54) is 10.5 Å². The molecule has 1 N–H and O–H groups in total. The molecule has 34 heavy (non-hydrogen) atoms. The predicted molar refractivity (Wildman–Crippen MR) is 126 cm³/mol. The van der Waals surface area contributed by atoms with Crippen molar-refractivity contribution < 1.29 is 14.3 Å². The van der Waals surface area contributed by atoms with Crippen molar-refractivity contribution in [2.24, 2.45) is 7.05 Å². The van der Waals surface area contributed by atoms with Crippen LogP contribution in [0.15, 0.2) is 60.7 Å². The Hall–Kier alpha value is -4.04. The van der Waals surface area contributed by atoms with Crippen LogP contribution in [0, 0.1) is 0 Å². The molecule has 1 aromatic heterocycles. The molecule has 8 nitrogen and oxygen atoms in total. The standard InChI is InChI=1S/C26H23N5O3/c1-30-22-10-9-16(13-20(22)28-29-30)15-34-23-8-4-5-17-11-12-27-21(24(17)23)14-31-25(32)18-6-2-3-7-19(18)26(31)33/h2-10,13,21,27H,11-12,14-15H2,1H3. The number of aromatic nitrogens is 3. The van der Waals surface area contributed by atoms with Gasteiger partial charge in [0.2, 0.25) is 0 Å². The average molecular weight is 454 g/mol. The average Bonchev–Trinajstić information content (AvgIpc) is 3.35. The number of imide groups is 1. The number of nitrogens with one attached hydrogen (secondary N) is 1. The second-order valence-corrected chi connectivity index (χ2v) is 8.68. The van der Waals surface area contributed by atoms with Gasteiger partial charge in [-0.1, -0.05) is 35.5 Å². The highest BCUT2D eigenvalue weighted by Gasteiger charge is 2.38. The highest BCUT2D eigenvalue weighted by Crippen LogP contribution is 2.34. The van der Waals surface area contributed by atoms with E-state index in [0.717, 1.165) is 40.9 Å². The van der Waals surface area contributed by atoms with E-state index >= 15 is 0 Å². The largest absolute Gasteiger partial charge is 0.489 e. The second-order valence-electron chi connectivity index (χ2n) is 8.68. The van der Waals surface area contributed by atoms with Crippen LogP contribution in [0.3, 0.4) is 0 Å². The molecule has 4 aromatic rings. The summed E-state index contributed by atoms with van der Waals surface area (Å²) in [7, 11) is 1.86. The summed E-state index contributed by atoms with van der Waals surface area (Å²) in [6.07, 6.45) is 0.858. The van der Waals surface area contributed by atoms with Crippen LogP contribution in [0.4, 0.5) is 0 Å². The summed E-state index contributed by atoms with van der Waals surface area (Å²) in [5, 5.41) is 11.7. The van der Waals surface area contributed by atoms with Crippen LogP contribution in [0.1, 0.15) is 43.4 Å². The SMILES string of the molecule is Cn1nnc2cc(COc3cccc4c3C(CN3C(=O)c5ccccc5C3=O)NCC4)ccc21. The molecule has 0 aliphatic carbocycles. The van der Waals surface area contributed by atoms with Gasteiger partial charge in [-0.25, -0.2) is 4.68 Å². The van der Waals surface area contributed by atoms with Gasteiger partial charge in [-0.05, 0) is 54.4 Å². The minimum Gasteiger partial charge on any atom is -0.489 e. The van der Waals surface area contributed by atoms with Crippen LogP contribution in [0.5, 0.6) is 5.75 Å². The monoisotopic (exact) mass is 453 g/mol. The molecular formula is C26H23N5O3. The van der Waals surface area contributed by atoms with E-state index in [0.29, 0.717) is 17.7 Å². The summed E-state index contributed by atoms with van der Waals surface area (Å²) in [5.41, 5.74) is 5.88. The molecule has 3 aromatic carbocycles. The summed E-state index contributed by atoms with van der Waals surface area (Å²) in [5.74, 6) is 0.265. The molecule has 0 saturated carbocycles. The molecule has 170 valence electrons. The van der Waals surface area contributed by atoms with Crippen LogP contribution in [-0.2, 0) is 20.1 Å². The minimum absolute atomic E-state index is 0.204. The quantitative estimate of drug-likeness (QED) is 0.467. The second kappa shape index (κ2) is 8.07. The minimum atomic E-state index is -0.245. The van der Waals surface area contributed by atoms with Crippen LogP contribution < -0.4 is 10.1 Å². The van der Waals surface area contributed by atoms with Crippen molar-refractivity contribution in [3.05, 3.63) is 88.5 Å². The first-order valence-electron chi connectivity index (χ1n) is 11.3. The lowest BCUT2D eigenvalue weighted by molar-refractivity contribution is 0.0636. The Morgan fingerprint density at radius 1 is 1.03 bits per heavy atom. The number of nitrogens with zero attached hydrogens (tertiary/aromatic N) is 4. The summed E-state index contributed by atoms with van der Waals surface area (Å²) in [6.45, 7) is 1.40. The number of rotatable bonds is 5. The van der Waals surface area contributed by atoms with Crippen molar-refractivity contribution in [1.29, 1.82) is 0 Å². The molecule has 1 unspecified atom stereocenters. The van der Waals surface area contributed by atoms with Crippen molar-refractivity contribution in [3.63, 3.8) is 0 Å². The Morgan fingerprint density at radius 3 is 2.62 bits per heavy atom. The van der Waals surface area contributed by atoms with Crippen LogP contribution >= 0.6 is 0 Å². The fourth-order valence-corrected chi connectivity index (χ4v) is 4.89. The van der Waals surface area contributed by atoms with Crippen LogP contribution in [-0.4, -0.2) is 44.8 Å². The van der Waals surface area contributed by atoms with Gasteiger partial charge >= 0.3 is 0 Å². The number of carbonyl (C=O) groups excluding carboxylic acids is 2. The molecule has 0 bridgehead atoms. The van der Waals surface area contributed by atoms with Crippen LogP contribution in [0.2, 0.25) is 0 Å². The normalized spacial score (nSPS) is 17.2. The lowest BCUT2D eigenvalue weighted by atomic mass is 9.93. The number of hydrogen-bond donors (Lipinski definition) is 1. The van der Waals surface area contributed by atoms with Gasteiger partial charge in [-0.3, -0.25) is 14.5 Å². The van der Waals surface area contributed by atoms with Crippen molar-refractivity contribution in [1.82, 2.24) is 25.2 Å². The van der Waals surface area contributed by atoms with Gasteiger partial charge in [-0.15, -0.1) is 5.10 Å². The Morgan fingerprint density at radius 2 is 1.82 bits per heavy atom. The van der Waals surface area contributed by atoms with E-state index in [4.69, 9.17) is 4.74 Å². The van der Waals surface area contributed by atoms with E-state index in [9.17, 15) is 9.59 Å². The summed E-state index contributed by atoms with van der Waals surface area (Å²) in [4.78, 5) is 27.2. The lowest BCUT2D eigenvalue weighted by Gasteiger charge is -2.31.